The molecule has 0 aliphatic carbocycles. The Morgan fingerprint density at radius 3 is 2.41 bits per heavy atom. The van der Waals surface area contributed by atoms with Gasteiger partial charge in [0.25, 0.3) is 17.5 Å². The number of carbonyl (C=O) groups is 3. The quantitative estimate of drug-likeness (QED) is 0.255. The molecule has 0 saturated carbocycles. The summed E-state index contributed by atoms with van der Waals surface area (Å²) in [6, 6.07) is 4.05. The number of nitro groups is 1. The van der Waals surface area contributed by atoms with Crippen LogP contribution in [0.15, 0.2) is 18.2 Å². The van der Waals surface area contributed by atoms with Crippen molar-refractivity contribution in [2.75, 3.05) is 26.5 Å². The Bertz CT molecular complexity index is 1110. The van der Waals surface area contributed by atoms with Gasteiger partial charge in [0.05, 0.1) is 22.5 Å². The van der Waals surface area contributed by atoms with Crippen molar-refractivity contribution in [3.8, 4) is 0 Å². The molecule has 2 amide bonds. The van der Waals surface area contributed by atoms with Gasteiger partial charge < -0.3 is 15.0 Å². The first kappa shape index (κ1) is 24.7. The normalized spacial score (nSPS) is 10.2. The van der Waals surface area contributed by atoms with E-state index in [0.29, 0.717) is 16.0 Å². The van der Waals surface area contributed by atoms with E-state index in [1.165, 1.54) is 24.1 Å². The Balaban J connectivity index is 2.17. The van der Waals surface area contributed by atoms with E-state index in [4.69, 9.17) is 17.0 Å². The third-order valence-corrected chi connectivity index (χ3v) is 5.72. The van der Waals surface area contributed by atoms with E-state index in [9.17, 15) is 24.5 Å². The number of hydrazine groups is 1. The Kier molecular flexibility index (Phi) is 7.83. The van der Waals surface area contributed by atoms with Crippen LogP contribution < -0.4 is 16.2 Å². The van der Waals surface area contributed by atoms with E-state index < -0.39 is 16.8 Å². The second-order valence-corrected chi connectivity index (χ2v) is 8.17. The van der Waals surface area contributed by atoms with Gasteiger partial charge in [0.2, 0.25) is 0 Å². The van der Waals surface area contributed by atoms with Crippen molar-refractivity contribution in [1.82, 2.24) is 15.8 Å². The first-order chi connectivity index (χ1) is 15.0. The van der Waals surface area contributed by atoms with Crippen molar-refractivity contribution in [2.45, 2.75) is 13.8 Å². The summed E-state index contributed by atoms with van der Waals surface area (Å²) < 4.78 is 4.80. The predicted molar refractivity (Wildman–Crippen MR) is 123 cm³/mol. The molecule has 2 aromatic rings. The van der Waals surface area contributed by atoms with Crippen LogP contribution in [0.4, 0.5) is 10.7 Å². The number of ether oxygens (including phenoxy) is 1. The molecule has 0 aliphatic heterocycles. The summed E-state index contributed by atoms with van der Waals surface area (Å²) in [7, 11) is 4.39. The van der Waals surface area contributed by atoms with Gasteiger partial charge in [-0.15, -0.1) is 11.3 Å². The van der Waals surface area contributed by atoms with Crippen LogP contribution in [0.1, 0.15) is 41.5 Å². The molecular weight excluding hydrogens is 458 g/mol. The van der Waals surface area contributed by atoms with E-state index in [1.807, 2.05) is 0 Å². The molecule has 3 N–H and O–H groups in total. The van der Waals surface area contributed by atoms with E-state index in [1.54, 1.807) is 27.9 Å². The number of aryl methyl sites for hydroxylation is 1. The second kappa shape index (κ2) is 10.2. The van der Waals surface area contributed by atoms with Crippen molar-refractivity contribution < 1.29 is 24.0 Å². The summed E-state index contributed by atoms with van der Waals surface area (Å²) in [4.78, 5) is 49.2. The van der Waals surface area contributed by atoms with E-state index in [2.05, 4.69) is 16.2 Å². The smallest absolute Gasteiger partial charge is 0.341 e. The van der Waals surface area contributed by atoms with Crippen LogP contribution >= 0.6 is 23.6 Å². The molecule has 1 heterocycles. The maximum atomic E-state index is 12.4. The number of anilines is 1. The van der Waals surface area contributed by atoms with Gasteiger partial charge in [-0.3, -0.25) is 30.6 Å². The molecular formula is C19H21N5O6S2. The van der Waals surface area contributed by atoms with Gasteiger partial charge >= 0.3 is 5.97 Å². The van der Waals surface area contributed by atoms with E-state index in [0.717, 1.165) is 17.4 Å². The summed E-state index contributed by atoms with van der Waals surface area (Å²) in [5.41, 5.74) is 5.66. The number of benzene rings is 1. The summed E-state index contributed by atoms with van der Waals surface area (Å²) in [5, 5.41) is 14.0. The minimum atomic E-state index is -0.656. The Labute approximate surface area is 192 Å². The maximum absolute atomic E-state index is 12.4. The lowest BCUT2D eigenvalue weighted by Gasteiger charge is -2.12. The highest BCUT2D eigenvalue weighted by Gasteiger charge is 2.26. The number of hydrogen-bond donors (Lipinski definition) is 3. The van der Waals surface area contributed by atoms with Crippen LogP contribution in [-0.4, -0.2) is 53.9 Å². The van der Waals surface area contributed by atoms with Crippen molar-refractivity contribution in [3.05, 3.63) is 55.4 Å². The third kappa shape index (κ3) is 5.36. The topological polar surface area (TPSA) is 143 Å². The van der Waals surface area contributed by atoms with Crippen LogP contribution in [0.3, 0.4) is 0 Å². The van der Waals surface area contributed by atoms with Crippen molar-refractivity contribution >= 4 is 57.1 Å². The summed E-state index contributed by atoms with van der Waals surface area (Å²) >= 11 is 6.17. The fourth-order valence-corrected chi connectivity index (χ4v) is 4.06. The first-order valence-corrected chi connectivity index (χ1v) is 10.3. The molecule has 2 rings (SSSR count). The number of nitrogens with zero attached hydrogens (tertiary/aromatic N) is 2. The number of thiophene rings is 1. The van der Waals surface area contributed by atoms with Crippen molar-refractivity contribution in [2.24, 2.45) is 0 Å². The zero-order valence-corrected chi connectivity index (χ0v) is 19.5. The molecule has 1 aromatic carbocycles. The summed E-state index contributed by atoms with van der Waals surface area (Å²) in [6.45, 7) is 3.18. The number of amides is 2. The minimum absolute atomic E-state index is 0.0543. The van der Waals surface area contributed by atoms with Gasteiger partial charge in [0.1, 0.15) is 5.00 Å². The first-order valence-electron chi connectivity index (χ1n) is 9.03. The highest BCUT2D eigenvalue weighted by Crippen LogP contribution is 2.34. The fourth-order valence-electron chi connectivity index (χ4n) is 2.62. The monoisotopic (exact) mass is 479 g/mol. The number of hydrogen-bond acceptors (Lipinski definition) is 8. The predicted octanol–water partition coefficient (Wildman–Crippen LogP) is 2.39. The molecule has 1 aromatic heterocycles. The third-order valence-electron chi connectivity index (χ3n) is 4.32. The molecule has 11 nitrogen and oxygen atoms in total. The molecule has 0 aliphatic rings. The molecule has 0 fully saturated rings. The zero-order chi connectivity index (χ0) is 24.2. The number of methoxy groups -OCH3 is 1. The van der Waals surface area contributed by atoms with Gasteiger partial charge in [-0.05, 0) is 37.7 Å². The Morgan fingerprint density at radius 1 is 1.19 bits per heavy atom. The minimum Gasteiger partial charge on any atom is -0.465 e. The molecule has 0 radical (unpaired) electrons. The number of rotatable bonds is 5. The average Bonchev–Trinajstić information content (AvgIpc) is 3.06. The summed E-state index contributed by atoms with van der Waals surface area (Å²) in [5.74, 6) is -1.60. The highest BCUT2D eigenvalue weighted by molar-refractivity contribution is 7.80. The van der Waals surface area contributed by atoms with Gasteiger partial charge in [0.15, 0.2) is 5.11 Å². The molecule has 0 saturated heterocycles. The Morgan fingerprint density at radius 2 is 1.84 bits per heavy atom. The fraction of sp³-hybridized carbons (Fsp3) is 0.263. The van der Waals surface area contributed by atoms with Crippen LogP contribution in [-0.2, 0) is 4.74 Å². The molecule has 0 atom stereocenters. The standard InChI is InChI=1S/C19H21N5O6S2/c1-9-6-7-11(8-12(9)24(28)29)15(25)21-22-19(31)20-16-13(18(27)30-5)10(2)14(32-16)17(26)23(3)4/h6-8H,1-5H3,(H,21,25)(H2,20,22,31). The van der Waals surface area contributed by atoms with Crippen LogP contribution in [0.2, 0.25) is 0 Å². The van der Waals surface area contributed by atoms with Crippen LogP contribution in [0.25, 0.3) is 0 Å². The lowest BCUT2D eigenvalue weighted by atomic mass is 10.1. The average molecular weight is 480 g/mol. The van der Waals surface area contributed by atoms with E-state index >= 15 is 0 Å². The lowest BCUT2D eigenvalue weighted by Crippen LogP contribution is -2.43. The maximum Gasteiger partial charge on any atom is 0.341 e. The second-order valence-electron chi connectivity index (χ2n) is 6.74. The lowest BCUT2D eigenvalue weighted by molar-refractivity contribution is -0.385. The molecule has 170 valence electrons. The van der Waals surface area contributed by atoms with Crippen molar-refractivity contribution in [3.63, 3.8) is 0 Å². The molecule has 0 bridgehead atoms. The van der Waals surface area contributed by atoms with Gasteiger partial charge in [-0.1, -0.05) is 6.07 Å². The number of thiocarbonyl (C=S) groups is 1. The van der Waals surface area contributed by atoms with E-state index in [-0.39, 0.29) is 32.8 Å². The molecule has 32 heavy (non-hydrogen) atoms. The zero-order valence-electron chi connectivity index (χ0n) is 17.9. The van der Waals surface area contributed by atoms with Crippen LogP contribution in [0.5, 0.6) is 0 Å². The number of nitrogens with one attached hydrogen (secondary N) is 3. The SMILES string of the molecule is COC(=O)c1c(NC(=S)NNC(=O)c2ccc(C)c([N+](=O)[O-])c2)sc(C(=O)N(C)C)c1C. The molecule has 0 unspecified atom stereocenters. The highest BCUT2D eigenvalue weighted by atomic mass is 32.1. The number of carbonyl (C=O) groups excluding carboxylic acids is 3. The summed E-state index contributed by atoms with van der Waals surface area (Å²) in [6.07, 6.45) is 0. The largest absolute Gasteiger partial charge is 0.465 e. The molecule has 13 heteroatoms. The number of nitro benzene ring substituents is 1. The van der Waals surface area contributed by atoms with Crippen molar-refractivity contribution in [1.29, 1.82) is 0 Å². The van der Waals surface area contributed by atoms with Gasteiger partial charge in [-0.2, -0.15) is 0 Å². The van der Waals surface area contributed by atoms with Gasteiger partial charge in [0, 0.05) is 31.3 Å². The number of esters is 1. The Hall–Kier alpha value is -3.58. The van der Waals surface area contributed by atoms with Crippen LogP contribution in [0, 0.1) is 24.0 Å². The van der Waals surface area contributed by atoms with Gasteiger partial charge in [-0.25, -0.2) is 4.79 Å². The molecule has 0 spiro atoms.